The van der Waals surface area contributed by atoms with Crippen LogP contribution in [-0.2, 0) is 0 Å². The van der Waals surface area contributed by atoms with Gasteiger partial charge in [-0.25, -0.2) is 0 Å². The van der Waals surface area contributed by atoms with Gasteiger partial charge in [0.15, 0.2) is 0 Å². The average Bonchev–Trinajstić information content (AvgIpc) is 2.71. The second kappa shape index (κ2) is 3.91. The zero-order valence-corrected chi connectivity index (χ0v) is 7.66. The van der Waals surface area contributed by atoms with E-state index < -0.39 is 0 Å². The molecule has 0 radical (unpaired) electrons. The Bertz CT molecular complexity index is 238. The molecule has 0 saturated carbocycles. The van der Waals surface area contributed by atoms with Gasteiger partial charge < -0.3 is 16.0 Å². The molecular formula is C9H16N4. The summed E-state index contributed by atoms with van der Waals surface area (Å²) < 4.78 is 0. The summed E-state index contributed by atoms with van der Waals surface area (Å²) in [4.78, 5) is 5.43. The van der Waals surface area contributed by atoms with E-state index >= 15 is 0 Å². The first kappa shape index (κ1) is 8.74. The van der Waals surface area contributed by atoms with Crippen molar-refractivity contribution < 1.29 is 0 Å². The number of nitrogens with one attached hydrogen (secondary N) is 2. The molecule has 1 aromatic heterocycles. The summed E-state index contributed by atoms with van der Waals surface area (Å²) in [6, 6.07) is 4.02. The maximum Gasteiger partial charge on any atom is 0.0988 e. The van der Waals surface area contributed by atoms with Crippen molar-refractivity contribution in [2.45, 2.75) is 6.17 Å². The van der Waals surface area contributed by atoms with Crippen LogP contribution < -0.4 is 11.1 Å². The first-order valence-corrected chi connectivity index (χ1v) is 4.71. The third-order valence-corrected chi connectivity index (χ3v) is 2.49. The first-order chi connectivity index (χ1) is 6.38. The SMILES string of the molecule is NC(c1ccc[nH]1)N1CCNCC1. The lowest BCUT2D eigenvalue weighted by molar-refractivity contribution is 0.174. The lowest BCUT2D eigenvalue weighted by atomic mass is 10.2. The van der Waals surface area contributed by atoms with Gasteiger partial charge in [0.2, 0.25) is 0 Å². The van der Waals surface area contributed by atoms with Crippen molar-refractivity contribution in [1.29, 1.82) is 0 Å². The number of hydrogen-bond donors (Lipinski definition) is 3. The molecule has 0 amide bonds. The average molecular weight is 180 g/mol. The Morgan fingerprint density at radius 3 is 2.77 bits per heavy atom. The van der Waals surface area contributed by atoms with E-state index in [-0.39, 0.29) is 6.17 Å². The lowest BCUT2D eigenvalue weighted by Gasteiger charge is -2.31. The van der Waals surface area contributed by atoms with Crippen LogP contribution in [0.4, 0.5) is 0 Å². The van der Waals surface area contributed by atoms with Gasteiger partial charge in [-0.1, -0.05) is 0 Å². The highest BCUT2D eigenvalue weighted by atomic mass is 15.3. The Morgan fingerprint density at radius 1 is 1.38 bits per heavy atom. The standard InChI is InChI=1S/C9H16N4/c10-9(8-2-1-3-12-8)13-6-4-11-5-7-13/h1-3,9,11-12H,4-7,10H2. The van der Waals surface area contributed by atoms with E-state index in [4.69, 9.17) is 5.73 Å². The molecule has 0 bridgehead atoms. The Morgan fingerprint density at radius 2 is 2.15 bits per heavy atom. The minimum atomic E-state index is 0.0251. The molecule has 0 spiro atoms. The van der Waals surface area contributed by atoms with Crippen LogP contribution in [0.5, 0.6) is 0 Å². The Kier molecular flexibility index (Phi) is 2.63. The van der Waals surface area contributed by atoms with Crippen molar-refractivity contribution in [3.63, 3.8) is 0 Å². The van der Waals surface area contributed by atoms with Gasteiger partial charge in [0, 0.05) is 38.1 Å². The monoisotopic (exact) mass is 180 g/mol. The molecule has 72 valence electrons. The summed E-state index contributed by atoms with van der Waals surface area (Å²) in [7, 11) is 0. The molecule has 2 heterocycles. The minimum Gasteiger partial charge on any atom is -0.363 e. The molecule has 13 heavy (non-hydrogen) atoms. The Hall–Kier alpha value is -0.840. The second-order valence-electron chi connectivity index (χ2n) is 3.36. The summed E-state index contributed by atoms with van der Waals surface area (Å²) >= 11 is 0. The quantitative estimate of drug-likeness (QED) is 0.594. The van der Waals surface area contributed by atoms with Gasteiger partial charge in [-0.05, 0) is 12.1 Å². The van der Waals surface area contributed by atoms with E-state index in [1.807, 2.05) is 18.3 Å². The zero-order valence-electron chi connectivity index (χ0n) is 7.66. The van der Waals surface area contributed by atoms with Gasteiger partial charge in [0.1, 0.15) is 0 Å². The molecule has 4 heteroatoms. The third-order valence-electron chi connectivity index (χ3n) is 2.49. The fourth-order valence-corrected chi connectivity index (χ4v) is 1.69. The van der Waals surface area contributed by atoms with Crippen LogP contribution in [0, 0.1) is 0 Å². The number of H-pyrrole nitrogens is 1. The molecule has 1 aliphatic heterocycles. The van der Waals surface area contributed by atoms with Crippen LogP contribution >= 0.6 is 0 Å². The van der Waals surface area contributed by atoms with Crippen molar-refractivity contribution in [3.05, 3.63) is 24.0 Å². The maximum atomic E-state index is 6.08. The fourth-order valence-electron chi connectivity index (χ4n) is 1.69. The highest BCUT2D eigenvalue weighted by molar-refractivity contribution is 5.08. The molecule has 1 saturated heterocycles. The van der Waals surface area contributed by atoms with Gasteiger partial charge in [-0.15, -0.1) is 0 Å². The van der Waals surface area contributed by atoms with Gasteiger partial charge in [-0.3, -0.25) is 4.90 Å². The lowest BCUT2D eigenvalue weighted by Crippen LogP contribution is -2.47. The smallest absolute Gasteiger partial charge is 0.0988 e. The number of nitrogens with zero attached hydrogens (tertiary/aromatic N) is 1. The second-order valence-corrected chi connectivity index (χ2v) is 3.36. The summed E-state index contributed by atoms with van der Waals surface area (Å²) in [5.41, 5.74) is 7.18. The molecule has 0 aliphatic carbocycles. The minimum absolute atomic E-state index is 0.0251. The van der Waals surface area contributed by atoms with E-state index in [2.05, 4.69) is 15.2 Å². The van der Waals surface area contributed by atoms with Crippen molar-refractivity contribution in [3.8, 4) is 0 Å². The molecule has 4 nitrogen and oxygen atoms in total. The zero-order chi connectivity index (χ0) is 9.10. The highest BCUT2D eigenvalue weighted by Gasteiger charge is 2.18. The van der Waals surface area contributed by atoms with Gasteiger partial charge in [0.05, 0.1) is 6.17 Å². The highest BCUT2D eigenvalue weighted by Crippen LogP contribution is 2.12. The van der Waals surface area contributed by atoms with E-state index in [0.29, 0.717) is 0 Å². The molecule has 1 aromatic rings. The molecule has 1 fully saturated rings. The molecule has 1 unspecified atom stereocenters. The predicted molar refractivity (Wildman–Crippen MR) is 52.2 cm³/mol. The topological polar surface area (TPSA) is 57.1 Å². The number of piperazine rings is 1. The number of aromatic nitrogens is 1. The van der Waals surface area contributed by atoms with Crippen LogP contribution in [0.25, 0.3) is 0 Å². The van der Waals surface area contributed by atoms with Crippen LogP contribution in [0.2, 0.25) is 0 Å². The van der Waals surface area contributed by atoms with E-state index in [9.17, 15) is 0 Å². The van der Waals surface area contributed by atoms with Crippen LogP contribution in [-0.4, -0.2) is 36.1 Å². The summed E-state index contributed by atoms with van der Waals surface area (Å²) in [5.74, 6) is 0. The van der Waals surface area contributed by atoms with E-state index in [1.54, 1.807) is 0 Å². The van der Waals surface area contributed by atoms with Crippen LogP contribution in [0.3, 0.4) is 0 Å². The molecule has 2 rings (SSSR count). The van der Waals surface area contributed by atoms with Crippen LogP contribution in [0.1, 0.15) is 11.9 Å². The number of aromatic amines is 1. The number of rotatable bonds is 2. The van der Waals surface area contributed by atoms with E-state index in [1.165, 1.54) is 0 Å². The summed E-state index contributed by atoms with van der Waals surface area (Å²) in [6.07, 6.45) is 1.94. The largest absolute Gasteiger partial charge is 0.363 e. The van der Waals surface area contributed by atoms with Crippen molar-refractivity contribution >= 4 is 0 Å². The van der Waals surface area contributed by atoms with Gasteiger partial charge in [0.25, 0.3) is 0 Å². The van der Waals surface area contributed by atoms with Crippen LogP contribution in [0.15, 0.2) is 18.3 Å². The molecular weight excluding hydrogens is 164 g/mol. The first-order valence-electron chi connectivity index (χ1n) is 4.71. The van der Waals surface area contributed by atoms with Gasteiger partial charge in [-0.2, -0.15) is 0 Å². The fraction of sp³-hybridized carbons (Fsp3) is 0.556. The summed E-state index contributed by atoms with van der Waals surface area (Å²) in [6.45, 7) is 4.13. The van der Waals surface area contributed by atoms with E-state index in [0.717, 1.165) is 31.9 Å². The summed E-state index contributed by atoms with van der Waals surface area (Å²) in [5, 5.41) is 3.31. The molecule has 0 aromatic carbocycles. The maximum absolute atomic E-state index is 6.08. The predicted octanol–water partition coefficient (Wildman–Crippen LogP) is -0.123. The Balaban J connectivity index is 1.99. The molecule has 1 atom stereocenters. The Labute approximate surface area is 78.1 Å². The van der Waals surface area contributed by atoms with Crippen molar-refractivity contribution in [1.82, 2.24) is 15.2 Å². The molecule has 4 N–H and O–H groups in total. The third kappa shape index (κ3) is 1.91. The van der Waals surface area contributed by atoms with Crippen molar-refractivity contribution in [2.75, 3.05) is 26.2 Å². The number of hydrogen-bond acceptors (Lipinski definition) is 3. The van der Waals surface area contributed by atoms with Crippen molar-refractivity contribution in [2.24, 2.45) is 5.73 Å². The van der Waals surface area contributed by atoms with Gasteiger partial charge >= 0.3 is 0 Å². The molecule has 1 aliphatic rings. The normalized spacial score (nSPS) is 21.6. The number of nitrogens with two attached hydrogens (primary N) is 1.